The smallest absolute Gasteiger partial charge is 0.368 e. The molecule has 6 nitrogen and oxygen atoms in total. The molecule has 0 fully saturated rings. The number of aryl methyl sites for hydroxylation is 1. The minimum absolute atomic E-state index is 0.0372. The molecule has 1 aromatic heterocycles. The lowest BCUT2D eigenvalue weighted by atomic mass is 9.99. The molecule has 0 radical (unpaired) electrons. The molecular weight excluding hydrogens is 311 g/mol. The lowest BCUT2D eigenvalue weighted by Gasteiger charge is -2.26. The van der Waals surface area contributed by atoms with Crippen LogP contribution in [0, 0.1) is 5.92 Å². The number of carbonyl (C=O) groups excluding carboxylic acids is 1. The van der Waals surface area contributed by atoms with Crippen molar-refractivity contribution < 1.29 is 18.0 Å². The van der Waals surface area contributed by atoms with Crippen molar-refractivity contribution in [2.75, 3.05) is 0 Å². The van der Waals surface area contributed by atoms with Crippen LogP contribution in [0.2, 0.25) is 0 Å². The molecule has 1 aliphatic heterocycles. The number of nitrogens with zero attached hydrogens (tertiary/aromatic N) is 3. The minimum Gasteiger partial charge on any atom is -0.368 e. The van der Waals surface area contributed by atoms with Crippen molar-refractivity contribution in [2.24, 2.45) is 11.7 Å². The molecule has 0 bridgehead atoms. The lowest BCUT2D eigenvalue weighted by Crippen LogP contribution is -2.41. The van der Waals surface area contributed by atoms with Gasteiger partial charge in [-0.1, -0.05) is 19.8 Å². The molecule has 3 N–H and O–H groups in total. The first-order chi connectivity index (χ1) is 10.8. The van der Waals surface area contributed by atoms with Gasteiger partial charge in [0.25, 0.3) is 0 Å². The van der Waals surface area contributed by atoms with Crippen LogP contribution in [0.15, 0.2) is 0 Å². The molecule has 2 heterocycles. The normalized spacial score (nSPS) is 19.4. The van der Waals surface area contributed by atoms with Crippen molar-refractivity contribution in [3.63, 3.8) is 0 Å². The predicted molar refractivity (Wildman–Crippen MR) is 77.2 cm³/mol. The van der Waals surface area contributed by atoms with Gasteiger partial charge in [-0.15, -0.1) is 10.2 Å². The van der Waals surface area contributed by atoms with Gasteiger partial charge in [0, 0.05) is 13.0 Å². The minimum atomic E-state index is -4.22. The van der Waals surface area contributed by atoms with E-state index >= 15 is 0 Å². The number of nitrogens with one attached hydrogen (secondary N) is 1. The number of amides is 1. The van der Waals surface area contributed by atoms with Crippen LogP contribution in [-0.2, 0) is 24.3 Å². The van der Waals surface area contributed by atoms with Gasteiger partial charge in [0.2, 0.25) is 5.91 Å². The molecule has 1 aliphatic rings. The number of halogens is 3. The van der Waals surface area contributed by atoms with Crippen molar-refractivity contribution in [1.82, 2.24) is 20.1 Å². The monoisotopic (exact) mass is 333 g/mol. The summed E-state index contributed by atoms with van der Waals surface area (Å²) in [7, 11) is 0. The largest absolute Gasteiger partial charge is 0.393 e. The van der Waals surface area contributed by atoms with Crippen LogP contribution in [0.3, 0.4) is 0 Å². The summed E-state index contributed by atoms with van der Waals surface area (Å²) < 4.78 is 40.2. The van der Waals surface area contributed by atoms with Crippen LogP contribution in [0.4, 0.5) is 13.2 Å². The van der Waals surface area contributed by atoms with E-state index in [4.69, 9.17) is 5.73 Å². The van der Waals surface area contributed by atoms with Crippen LogP contribution >= 0.6 is 0 Å². The van der Waals surface area contributed by atoms with E-state index in [0.717, 1.165) is 12.8 Å². The highest BCUT2D eigenvalue weighted by Crippen LogP contribution is 2.34. The Morgan fingerprint density at radius 3 is 2.83 bits per heavy atom. The average molecular weight is 333 g/mol. The standard InChI is InChI=1S/C14H22F3N5O/c1-2-3-4-10(13(18)23)19-7-12-21-20-11-6-5-9(8-22(11)12)14(15,16)17/h9-10,19H,2-8H2,1H3,(H2,18,23)/t9-,10+/m0/s1. The van der Waals surface area contributed by atoms with Gasteiger partial charge in [-0.05, 0) is 12.8 Å². The Bertz CT molecular complexity index is 543. The van der Waals surface area contributed by atoms with Crippen LogP contribution in [0.1, 0.15) is 44.3 Å². The zero-order valence-corrected chi connectivity index (χ0v) is 13.1. The summed E-state index contributed by atoms with van der Waals surface area (Å²) in [6, 6.07) is -0.509. The zero-order valence-electron chi connectivity index (χ0n) is 13.1. The molecule has 9 heteroatoms. The molecule has 1 amide bonds. The molecule has 0 saturated carbocycles. The van der Waals surface area contributed by atoms with Crippen LogP contribution in [0.25, 0.3) is 0 Å². The van der Waals surface area contributed by atoms with E-state index in [2.05, 4.69) is 15.5 Å². The molecule has 2 atom stereocenters. The number of primary amides is 1. The quantitative estimate of drug-likeness (QED) is 0.792. The van der Waals surface area contributed by atoms with Crippen molar-refractivity contribution in [1.29, 1.82) is 0 Å². The number of hydrogen-bond acceptors (Lipinski definition) is 4. The third-order valence-corrected chi connectivity index (χ3v) is 4.18. The van der Waals surface area contributed by atoms with Gasteiger partial charge in [0.1, 0.15) is 11.6 Å². The predicted octanol–water partition coefficient (Wildman–Crippen LogP) is 1.54. The Labute approximate surface area is 132 Å². The Morgan fingerprint density at radius 1 is 1.48 bits per heavy atom. The molecule has 23 heavy (non-hydrogen) atoms. The Morgan fingerprint density at radius 2 is 2.22 bits per heavy atom. The number of fused-ring (bicyclic) bond motifs is 1. The molecule has 0 saturated heterocycles. The fourth-order valence-electron chi connectivity index (χ4n) is 2.75. The second-order valence-electron chi connectivity index (χ2n) is 5.90. The number of rotatable bonds is 7. The molecule has 130 valence electrons. The highest BCUT2D eigenvalue weighted by Gasteiger charge is 2.42. The summed E-state index contributed by atoms with van der Waals surface area (Å²) in [4.78, 5) is 11.4. The summed E-state index contributed by atoms with van der Waals surface area (Å²) in [6.07, 6.45) is -1.56. The number of aromatic nitrogens is 3. The first-order valence-corrected chi connectivity index (χ1v) is 7.83. The van der Waals surface area contributed by atoms with E-state index < -0.39 is 24.0 Å². The van der Waals surface area contributed by atoms with E-state index in [9.17, 15) is 18.0 Å². The first kappa shape index (κ1) is 17.7. The van der Waals surface area contributed by atoms with E-state index in [1.807, 2.05) is 6.92 Å². The van der Waals surface area contributed by atoms with E-state index in [0.29, 0.717) is 18.1 Å². The molecule has 1 aromatic rings. The van der Waals surface area contributed by atoms with Gasteiger partial charge in [-0.25, -0.2) is 0 Å². The van der Waals surface area contributed by atoms with E-state index in [-0.39, 0.29) is 25.9 Å². The summed E-state index contributed by atoms with van der Waals surface area (Å²) in [5, 5.41) is 10.9. The van der Waals surface area contributed by atoms with E-state index in [1.54, 1.807) is 0 Å². The first-order valence-electron chi connectivity index (χ1n) is 7.83. The summed E-state index contributed by atoms with van der Waals surface area (Å²) in [5.74, 6) is -0.870. The van der Waals surface area contributed by atoms with Crippen LogP contribution in [0.5, 0.6) is 0 Å². The lowest BCUT2D eigenvalue weighted by molar-refractivity contribution is -0.182. The molecule has 2 rings (SSSR count). The molecular formula is C14H22F3N5O. The number of nitrogens with two attached hydrogens (primary N) is 1. The summed E-state index contributed by atoms with van der Waals surface area (Å²) in [6.45, 7) is 2.01. The molecule has 0 spiro atoms. The number of hydrogen-bond donors (Lipinski definition) is 2. The van der Waals surface area contributed by atoms with Crippen molar-refractivity contribution in [2.45, 2.75) is 64.3 Å². The van der Waals surface area contributed by atoms with Crippen LogP contribution < -0.4 is 11.1 Å². The van der Waals surface area contributed by atoms with Gasteiger partial charge >= 0.3 is 6.18 Å². The second kappa shape index (κ2) is 7.29. The van der Waals surface area contributed by atoms with Gasteiger partial charge in [-0.3, -0.25) is 10.1 Å². The number of unbranched alkanes of at least 4 members (excludes halogenated alkanes) is 1. The summed E-state index contributed by atoms with van der Waals surface area (Å²) >= 11 is 0. The topological polar surface area (TPSA) is 85.8 Å². The van der Waals surface area contributed by atoms with Gasteiger partial charge in [0.15, 0.2) is 0 Å². The van der Waals surface area contributed by atoms with Crippen molar-refractivity contribution >= 4 is 5.91 Å². The Balaban J connectivity index is 2.02. The van der Waals surface area contributed by atoms with Gasteiger partial charge in [-0.2, -0.15) is 13.2 Å². The second-order valence-corrected chi connectivity index (χ2v) is 5.90. The zero-order chi connectivity index (χ0) is 17.0. The SMILES string of the molecule is CCCC[C@@H](NCc1nnc2n1C[C@@H](C(F)(F)F)CC2)C(N)=O. The molecule has 0 unspecified atom stereocenters. The Kier molecular flexibility index (Phi) is 5.61. The van der Waals surface area contributed by atoms with Gasteiger partial charge in [0.05, 0.1) is 18.5 Å². The van der Waals surface area contributed by atoms with E-state index in [1.165, 1.54) is 4.57 Å². The van der Waals surface area contributed by atoms with Crippen LogP contribution in [-0.4, -0.2) is 32.9 Å². The fraction of sp³-hybridized carbons (Fsp3) is 0.786. The fourth-order valence-corrected chi connectivity index (χ4v) is 2.75. The average Bonchev–Trinajstić information content (AvgIpc) is 2.88. The number of carbonyl (C=O) groups is 1. The maximum absolute atomic E-state index is 12.9. The highest BCUT2D eigenvalue weighted by atomic mass is 19.4. The molecule has 0 aromatic carbocycles. The Hall–Kier alpha value is -1.64. The van der Waals surface area contributed by atoms with Crippen molar-refractivity contribution in [3.8, 4) is 0 Å². The third-order valence-electron chi connectivity index (χ3n) is 4.18. The summed E-state index contributed by atoms with van der Waals surface area (Å²) in [5.41, 5.74) is 5.34. The maximum atomic E-state index is 12.9. The molecule has 0 aliphatic carbocycles. The third kappa shape index (κ3) is 4.43. The highest BCUT2D eigenvalue weighted by molar-refractivity contribution is 5.79. The maximum Gasteiger partial charge on any atom is 0.393 e. The van der Waals surface area contributed by atoms with Crippen molar-refractivity contribution in [3.05, 3.63) is 11.6 Å². The van der Waals surface area contributed by atoms with Gasteiger partial charge < -0.3 is 10.3 Å². The number of alkyl halides is 3.